The van der Waals surface area contributed by atoms with Gasteiger partial charge in [0.1, 0.15) is 11.9 Å². The number of methoxy groups -OCH3 is 3. The summed E-state index contributed by atoms with van der Waals surface area (Å²) in [5, 5.41) is 0.744. The zero-order valence-electron chi connectivity index (χ0n) is 17.4. The number of hydrogen-bond donors (Lipinski definition) is 0. The summed E-state index contributed by atoms with van der Waals surface area (Å²) in [6.07, 6.45) is 0.833. The number of aldehydes is 1. The molecule has 31 heavy (non-hydrogen) atoms. The van der Waals surface area contributed by atoms with Crippen LogP contribution in [0.5, 0.6) is 17.2 Å². The number of amides is 1. The maximum atomic E-state index is 13.4. The number of carbonyl (C=O) groups is 2. The fraction of sp³-hybridized carbons (Fsp3) is 0.364. The van der Waals surface area contributed by atoms with Crippen molar-refractivity contribution >= 4 is 35.4 Å². The largest absolute Gasteiger partial charge is 0.493 e. The average molecular weight is 468 g/mol. The highest BCUT2D eigenvalue weighted by atomic mass is 35.5. The second-order valence-electron chi connectivity index (χ2n) is 6.98. The minimum Gasteiger partial charge on any atom is -0.493 e. The molecule has 0 saturated carbocycles. The zero-order chi connectivity index (χ0) is 22.6. The molecule has 1 heterocycles. The van der Waals surface area contributed by atoms with E-state index in [0.29, 0.717) is 45.0 Å². The third-order valence-electron chi connectivity index (χ3n) is 5.24. The third kappa shape index (κ3) is 4.59. The predicted molar refractivity (Wildman–Crippen MR) is 117 cm³/mol. The van der Waals surface area contributed by atoms with E-state index in [1.165, 1.54) is 21.3 Å². The van der Waals surface area contributed by atoms with Crippen molar-refractivity contribution in [1.29, 1.82) is 0 Å². The molecule has 3 rings (SSSR count). The van der Waals surface area contributed by atoms with Gasteiger partial charge in [0.25, 0.3) is 5.91 Å². The molecule has 1 aliphatic heterocycles. The Labute approximate surface area is 190 Å². The van der Waals surface area contributed by atoms with Crippen LogP contribution in [0.1, 0.15) is 22.3 Å². The number of benzene rings is 2. The molecule has 0 N–H and O–H groups in total. The number of morpholine rings is 1. The van der Waals surface area contributed by atoms with Gasteiger partial charge in [0, 0.05) is 18.5 Å². The molecule has 2 aromatic carbocycles. The van der Waals surface area contributed by atoms with Crippen LogP contribution in [0.15, 0.2) is 30.3 Å². The van der Waals surface area contributed by atoms with Crippen LogP contribution in [0.3, 0.4) is 0 Å². The molecule has 1 amide bonds. The van der Waals surface area contributed by atoms with Crippen LogP contribution >= 0.6 is 23.2 Å². The van der Waals surface area contributed by atoms with Gasteiger partial charge in [0.15, 0.2) is 11.5 Å². The number of hydrogen-bond acceptors (Lipinski definition) is 6. The van der Waals surface area contributed by atoms with E-state index in [1.54, 1.807) is 35.2 Å². The Bertz CT molecular complexity index is 957. The van der Waals surface area contributed by atoms with Crippen molar-refractivity contribution in [3.8, 4) is 17.2 Å². The van der Waals surface area contributed by atoms with E-state index >= 15 is 0 Å². The van der Waals surface area contributed by atoms with Crippen molar-refractivity contribution in [3.05, 3.63) is 51.5 Å². The molecule has 0 unspecified atom stereocenters. The second-order valence-corrected chi connectivity index (χ2v) is 7.80. The lowest BCUT2D eigenvalue weighted by Crippen LogP contribution is -2.52. The number of carbonyl (C=O) groups excluding carboxylic acids is 2. The normalized spacial score (nSPS) is 18.4. The smallest absolute Gasteiger partial charge is 0.254 e. The summed E-state index contributed by atoms with van der Waals surface area (Å²) in [6.45, 7) is 0.779. The molecular weight excluding hydrogens is 445 g/mol. The fourth-order valence-corrected chi connectivity index (χ4v) is 3.97. The predicted octanol–water partition coefficient (Wildman–Crippen LogP) is 3.98. The molecule has 0 bridgehead atoms. The van der Waals surface area contributed by atoms with Crippen LogP contribution in [0.2, 0.25) is 10.0 Å². The minimum atomic E-state index is -1.02. The average Bonchev–Trinajstić information content (AvgIpc) is 2.79. The maximum Gasteiger partial charge on any atom is 0.254 e. The van der Waals surface area contributed by atoms with Gasteiger partial charge in [-0.05, 0) is 29.8 Å². The summed E-state index contributed by atoms with van der Waals surface area (Å²) in [7, 11) is 4.47. The minimum absolute atomic E-state index is 0.0595. The van der Waals surface area contributed by atoms with Crippen LogP contribution in [0.4, 0.5) is 0 Å². The summed E-state index contributed by atoms with van der Waals surface area (Å²) in [5.74, 6) is 0.900. The molecule has 1 saturated heterocycles. The Morgan fingerprint density at radius 3 is 2.32 bits per heavy atom. The molecule has 1 aliphatic rings. The van der Waals surface area contributed by atoms with Gasteiger partial charge in [0.05, 0.1) is 44.5 Å². The third-order valence-corrected chi connectivity index (χ3v) is 5.98. The number of halogens is 2. The van der Waals surface area contributed by atoms with Crippen molar-refractivity contribution in [2.45, 2.75) is 12.0 Å². The highest BCUT2D eigenvalue weighted by Crippen LogP contribution is 2.40. The molecule has 166 valence electrons. The van der Waals surface area contributed by atoms with Gasteiger partial charge in [-0.1, -0.05) is 29.3 Å². The topological polar surface area (TPSA) is 74.3 Å². The van der Waals surface area contributed by atoms with E-state index in [2.05, 4.69) is 0 Å². The van der Waals surface area contributed by atoms with Crippen molar-refractivity contribution in [2.24, 2.45) is 0 Å². The summed E-state index contributed by atoms with van der Waals surface area (Å²) in [6, 6.07) is 8.26. The number of nitrogens with zero attached hydrogens (tertiary/aromatic N) is 1. The van der Waals surface area contributed by atoms with Crippen molar-refractivity contribution in [2.75, 3.05) is 41.0 Å². The van der Waals surface area contributed by atoms with Gasteiger partial charge in [-0.2, -0.15) is 0 Å². The molecule has 1 fully saturated rings. The van der Waals surface area contributed by atoms with Gasteiger partial charge < -0.3 is 28.6 Å². The fourth-order valence-electron chi connectivity index (χ4n) is 3.67. The first-order chi connectivity index (χ1) is 14.9. The van der Waals surface area contributed by atoms with Gasteiger partial charge in [-0.25, -0.2) is 0 Å². The van der Waals surface area contributed by atoms with Gasteiger partial charge >= 0.3 is 0 Å². The lowest BCUT2D eigenvalue weighted by Gasteiger charge is -2.42. The van der Waals surface area contributed by atoms with E-state index < -0.39 is 5.60 Å². The van der Waals surface area contributed by atoms with Crippen LogP contribution < -0.4 is 14.2 Å². The second kappa shape index (κ2) is 9.77. The van der Waals surface area contributed by atoms with Crippen LogP contribution in [-0.2, 0) is 15.1 Å². The van der Waals surface area contributed by atoms with Crippen LogP contribution in [0, 0.1) is 0 Å². The molecule has 1 atom stereocenters. The van der Waals surface area contributed by atoms with E-state index in [-0.39, 0.29) is 25.5 Å². The Kier molecular flexibility index (Phi) is 7.30. The molecule has 7 nitrogen and oxygen atoms in total. The highest BCUT2D eigenvalue weighted by Gasteiger charge is 2.40. The zero-order valence-corrected chi connectivity index (χ0v) is 19.0. The summed E-state index contributed by atoms with van der Waals surface area (Å²) < 4.78 is 22.1. The first-order valence-corrected chi connectivity index (χ1v) is 10.3. The van der Waals surface area contributed by atoms with Crippen molar-refractivity contribution in [1.82, 2.24) is 4.90 Å². The van der Waals surface area contributed by atoms with Crippen LogP contribution in [-0.4, -0.2) is 58.1 Å². The quantitative estimate of drug-likeness (QED) is 0.573. The van der Waals surface area contributed by atoms with E-state index in [1.807, 2.05) is 0 Å². The summed E-state index contributed by atoms with van der Waals surface area (Å²) in [4.78, 5) is 26.5. The number of rotatable bonds is 7. The first kappa shape index (κ1) is 23.2. The Hall–Kier alpha value is -2.48. The molecule has 2 aromatic rings. The maximum absolute atomic E-state index is 13.4. The lowest BCUT2D eigenvalue weighted by molar-refractivity contribution is -0.129. The lowest BCUT2D eigenvalue weighted by atomic mass is 9.88. The molecule has 0 spiro atoms. The monoisotopic (exact) mass is 467 g/mol. The van der Waals surface area contributed by atoms with Gasteiger partial charge in [-0.15, -0.1) is 0 Å². The van der Waals surface area contributed by atoms with Gasteiger partial charge in [0.2, 0.25) is 5.75 Å². The SMILES string of the molecule is COc1cc(C(=O)N2CCO[C@](CC=O)(c3ccc(Cl)c(Cl)c3)C2)cc(OC)c1OC. The summed E-state index contributed by atoms with van der Waals surface area (Å²) >= 11 is 12.2. The summed E-state index contributed by atoms with van der Waals surface area (Å²) in [5.41, 5.74) is 0.0202. The first-order valence-electron chi connectivity index (χ1n) is 9.51. The molecule has 9 heteroatoms. The van der Waals surface area contributed by atoms with E-state index in [0.717, 1.165) is 6.29 Å². The molecule has 0 aliphatic carbocycles. The highest BCUT2D eigenvalue weighted by molar-refractivity contribution is 6.42. The molecular formula is C22H23Cl2NO6. The van der Waals surface area contributed by atoms with Crippen molar-refractivity contribution in [3.63, 3.8) is 0 Å². The standard InChI is InChI=1S/C22H23Cl2NO6/c1-28-18-10-14(11-19(29-2)20(18)30-3)21(27)25-7-9-31-22(13-25,6-8-26)15-4-5-16(23)17(24)12-15/h4-5,8,10-12H,6-7,9,13H2,1-3H3/t22-/m0/s1. The molecule has 0 radical (unpaired) electrons. The van der Waals surface area contributed by atoms with Crippen molar-refractivity contribution < 1.29 is 28.5 Å². The Balaban J connectivity index is 1.97. The van der Waals surface area contributed by atoms with Gasteiger partial charge in [-0.3, -0.25) is 4.79 Å². The van der Waals surface area contributed by atoms with Crippen LogP contribution in [0.25, 0.3) is 0 Å². The number of ether oxygens (including phenoxy) is 4. The van der Waals surface area contributed by atoms with E-state index in [9.17, 15) is 9.59 Å². The Morgan fingerprint density at radius 1 is 1.10 bits per heavy atom. The Morgan fingerprint density at radius 2 is 1.77 bits per heavy atom. The van der Waals surface area contributed by atoms with E-state index in [4.69, 9.17) is 42.1 Å². The molecule has 0 aromatic heterocycles.